The van der Waals surface area contributed by atoms with E-state index in [0.717, 1.165) is 18.7 Å². The van der Waals surface area contributed by atoms with Crippen LogP contribution in [0.4, 0.5) is 0 Å². The first-order valence-electron chi connectivity index (χ1n) is 5.91. The van der Waals surface area contributed by atoms with Gasteiger partial charge in [0.1, 0.15) is 0 Å². The van der Waals surface area contributed by atoms with Crippen molar-refractivity contribution in [3.05, 3.63) is 17.7 Å². The first-order chi connectivity index (χ1) is 8.80. The zero-order valence-corrected chi connectivity index (χ0v) is 12.2. The van der Waals surface area contributed by atoms with Gasteiger partial charge in [-0.1, -0.05) is 0 Å². The molecule has 0 spiro atoms. The quantitative estimate of drug-likeness (QED) is 0.916. The number of halogens is 1. The molecule has 1 heterocycles. The summed E-state index contributed by atoms with van der Waals surface area (Å²) in [5, 5.41) is 3.40. The van der Waals surface area contributed by atoms with Crippen LogP contribution in [0, 0.1) is 0 Å². The normalized spacial score (nSPS) is 18.4. The second kappa shape index (κ2) is 7.43. The smallest absolute Gasteiger partial charge is 0.203 e. The van der Waals surface area contributed by atoms with Gasteiger partial charge in [0.25, 0.3) is 0 Å². The minimum atomic E-state index is 0. The second-order valence-electron chi connectivity index (χ2n) is 4.04. The average molecular weight is 290 g/mol. The highest BCUT2D eigenvalue weighted by atomic mass is 35.5. The number of hydrogen-bond donors (Lipinski definition) is 1. The molecule has 1 aromatic carbocycles. The summed E-state index contributed by atoms with van der Waals surface area (Å²) in [5.41, 5.74) is 1.07. The first-order valence-corrected chi connectivity index (χ1v) is 5.91. The molecule has 2 rings (SSSR count). The summed E-state index contributed by atoms with van der Waals surface area (Å²) in [5.74, 6) is 1.94. The van der Waals surface area contributed by atoms with Gasteiger partial charge >= 0.3 is 0 Å². The van der Waals surface area contributed by atoms with Gasteiger partial charge in [-0.3, -0.25) is 0 Å². The zero-order chi connectivity index (χ0) is 13.0. The molecule has 1 atom stereocenters. The molecule has 6 heteroatoms. The Morgan fingerprint density at radius 3 is 2.16 bits per heavy atom. The molecule has 19 heavy (non-hydrogen) atoms. The van der Waals surface area contributed by atoms with Gasteiger partial charge in [0.2, 0.25) is 5.75 Å². The van der Waals surface area contributed by atoms with Gasteiger partial charge < -0.3 is 24.3 Å². The van der Waals surface area contributed by atoms with Gasteiger partial charge in [0, 0.05) is 6.54 Å². The van der Waals surface area contributed by atoms with E-state index >= 15 is 0 Å². The molecule has 5 nitrogen and oxygen atoms in total. The van der Waals surface area contributed by atoms with Crippen molar-refractivity contribution in [3.63, 3.8) is 0 Å². The molecule has 0 aromatic heterocycles. The van der Waals surface area contributed by atoms with E-state index in [9.17, 15) is 0 Å². The molecule has 0 saturated carbocycles. The van der Waals surface area contributed by atoms with Crippen LogP contribution < -0.4 is 19.5 Å². The number of hydrogen-bond acceptors (Lipinski definition) is 5. The fraction of sp³-hybridized carbons (Fsp3) is 0.538. The SMILES string of the molecule is COc1cc([C@H]2COCCN2)cc(OC)c1OC.Cl. The summed E-state index contributed by atoms with van der Waals surface area (Å²) < 4.78 is 21.4. The Morgan fingerprint density at radius 2 is 1.74 bits per heavy atom. The van der Waals surface area contributed by atoms with Gasteiger partial charge in [0.05, 0.1) is 40.6 Å². The van der Waals surface area contributed by atoms with Gasteiger partial charge in [0.15, 0.2) is 11.5 Å². The summed E-state index contributed by atoms with van der Waals surface area (Å²) in [6, 6.07) is 4.06. The molecule has 0 unspecified atom stereocenters. The number of methoxy groups -OCH3 is 3. The lowest BCUT2D eigenvalue weighted by Crippen LogP contribution is -2.34. The monoisotopic (exact) mass is 289 g/mol. The topological polar surface area (TPSA) is 49.0 Å². The molecule has 1 aromatic rings. The third kappa shape index (κ3) is 3.43. The van der Waals surface area contributed by atoms with E-state index in [0.29, 0.717) is 23.9 Å². The number of morpholine rings is 1. The van der Waals surface area contributed by atoms with Crippen LogP contribution in [0.3, 0.4) is 0 Å². The summed E-state index contributed by atoms with van der Waals surface area (Å²) in [4.78, 5) is 0. The summed E-state index contributed by atoms with van der Waals surface area (Å²) in [6.45, 7) is 2.25. The maximum Gasteiger partial charge on any atom is 0.203 e. The number of rotatable bonds is 4. The van der Waals surface area contributed by atoms with Crippen molar-refractivity contribution in [2.75, 3.05) is 41.1 Å². The highest BCUT2D eigenvalue weighted by molar-refractivity contribution is 5.85. The predicted octanol–water partition coefficient (Wildman–Crippen LogP) is 1.80. The van der Waals surface area contributed by atoms with Crippen molar-refractivity contribution in [1.29, 1.82) is 0 Å². The predicted molar refractivity (Wildman–Crippen MR) is 74.9 cm³/mol. The highest BCUT2D eigenvalue weighted by Gasteiger charge is 2.20. The van der Waals surface area contributed by atoms with Crippen molar-refractivity contribution in [2.45, 2.75) is 6.04 Å². The lowest BCUT2D eigenvalue weighted by Gasteiger charge is -2.25. The Labute approximate surface area is 119 Å². The number of benzene rings is 1. The molecule has 0 amide bonds. The summed E-state index contributed by atoms with van der Waals surface area (Å²) >= 11 is 0. The molecule has 1 saturated heterocycles. The minimum absolute atomic E-state index is 0. The third-order valence-electron chi connectivity index (χ3n) is 3.01. The van der Waals surface area contributed by atoms with E-state index in [-0.39, 0.29) is 18.4 Å². The molecule has 1 fully saturated rings. The summed E-state index contributed by atoms with van der Waals surface area (Å²) in [6.07, 6.45) is 0. The van der Waals surface area contributed by atoms with E-state index in [1.807, 2.05) is 12.1 Å². The summed E-state index contributed by atoms with van der Waals surface area (Å²) in [7, 11) is 4.83. The van der Waals surface area contributed by atoms with E-state index in [1.54, 1.807) is 21.3 Å². The van der Waals surface area contributed by atoms with Crippen LogP contribution in [-0.4, -0.2) is 41.1 Å². The van der Waals surface area contributed by atoms with E-state index in [2.05, 4.69) is 5.32 Å². The maximum atomic E-state index is 5.46. The third-order valence-corrected chi connectivity index (χ3v) is 3.01. The van der Waals surface area contributed by atoms with Crippen molar-refractivity contribution in [1.82, 2.24) is 5.32 Å². The lowest BCUT2D eigenvalue weighted by atomic mass is 10.1. The van der Waals surface area contributed by atoms with Crippen molar-refractivity contribution >= 4 is 12.4 Å². The van der Waals surface area contributed by atoms with E-state index < -0.39 is 0 Å². The minimum Gasteiger partial charge on any atom is -0.493 e. The first kappa shape index (κ1) is 15.9. The van der Waals surface area contributed by atoms with Crippen LogP contribution in [0.15, 0.2) is 12.1 Å². The van der Waals surface area contributed by atoms with E-state index in [1.165, 1.54) is 0 Å². The van der Waals surface area contributed by atoms with Gasteiger partial charge in [-0.05, 0) is 17.7 Å². The lowest BCUT2D eigenvalue weighted by molar-refractivity contribution is 0.0767. The Balaban J connectivity index is 0.00000180. The highest BCUT2D eigenvalue weighted by Crippen LogP contribution is 2.39. The largest absolute Gasteiger partial charge is 0.493 e. The maximum absolute atomic E-state index is 5.46. The molecular formula is C13H20ClNO4. The molecular weight excluding hydrogens is 270 g/mol. The molecule has 1 aliphatic rings. The van der Waals surface area contributed by atoms with Crippen LogP contribution in [0.5, 0.6) is 17.2 Å². The Bertz CT molecular complexity index is 383. The number of nitrogens with one attached hydrogen (secondary N) is 1. The molecule has 0 aliphatic carbocycles. The van der Waals surface area contributed by atoms with Crippen LogP contribution in [0.25, 0.3) is 0 Å². The Morgan fingerprint density at radius 1 is 1.11 bits per heavy atom. The molecule has 1 aliphatic heterocycles. The Hall–Kier alpha value is -1.17. The fourth-order valence-corrected chi connectivity index (χ4v) is 2.08. The zero-order valence-electron chi connectivity index (χ0n) is 11.4. The standard InChI is InChI=1S/C13H19NO4.ClH/c1-15-11-6-9(10-8-18-5-4-14-10)7-12(16-2)13(11)17-3;/h6-7,10,14H,4-5,8H2,1-3H3;1H/t10-;/m1./s1. The number of ether oxygens (including phenoxy) is 4. The molecule has 1 N–H and O–H groups in total. The molecule has 0 bridgehead atoms. The second-order valence-corrected chi connectivity index (χ2v) is 4.04. The van der Waals surface area contributed by atoms with Gasteiger partial charge in [-0.2, -0.15) is 0 Å². The van der Waals surface area contributed by atoms with E-state index in [4.69, 9.17) is 18.9 Å². The van der Waals surface area contributed by atoms with Crippen molar-refractivity contribution in [3.8, 4) is 17.2 Å². The average Bonchev–Trinajstić information content (AvgIpc) is 2.46. The van der Waals surface area contributed by atoms with Gasteiger partial charge in [-0.25, -0.2) is 0 Å². The van der Waals surface area contributed by atoms with Crippen LogP contribution in [-0.2, 0) is 4.74 Å². The molecule has 108 valence electrons. The fourth-order valence-electron chi connectivity index (χ4n) is 2.08. The van der Waals surface area contributed by atoms with Crippen molar-refractivity contribution < 1.29 is 18.9 Å². The van der Waals surface area contributed by atoms with Crippen molar-refractivity contribution in [2.24, 2.45) is 0 Å². The van der Waals surface area contributed by atoms with Gasteiger partial charge in [-0.15, -0.1) is 12.4 Å². The van der Waals surface area contributed by atoms with Crippen LogP contribution in [0.1, 0.15) is 11.6 Å². The van der Waals surface area contributed by atoms with Crippen LogP contribution in [0.2, 0.25) is 0 Å². The molecule has 0 radical (unpaired) electrons. The Kier molecular flexibility index (Phi) is 6.21. The van der Waals surface area contributed by atoms with Crippen LogP contribution >= 0.6 is 12.4 Å².